The lowest BCUT2D eigenvalue weighted by Gasteiger charge is -2.08. The Morgan fingerprint density at radius 2 is 2.00 bits per heavy atom. The highest BCUT2D eigenvalue weighted by Crippen LogP contribution is 2.12. The van der Waals surface area contributed by atoms with Crippen molar-refractivity contribution in [2.24, 2.45) is 0 Å². The van der Waals surface area contributed by atoms with Gasteiger partial charge in [-0.25, -0.2) is 15.0 Å². The topological polar surface area (TPSA) is 106 Å². The Labute approximate surface area is 114 Å². The van der Waals surface area contributed by atoms with E-state index < -0.39 is 18.1 Å². The average Bonchev–Trinajstić information content (AvgIpc) is 2.84. The highest BCUT2D eigenvalue weighted by atomic mass is 16.6. The van der Waals surface area contributed by atoms with E-state index in [9.17, 15) is 14.4 Å². The third-order valence-electron chi connectivity index (χ3n) is 2.64. The molecule has 1 aromatic rings. The van der Waals surface area contributed by atoms with E-state index >= 15 is 0 Å². The first-order chi connectivity index (χ1) is 9.60. The van der Waals surface area contributed by atoms with E-state index in [1.54, 1.807) is 12.1 Å². The minimum atomic E-state index is -0.977. The number of esters is 1. The van der Waals surface area contributed by atoms with Crippen molar-refractivity contribution in [1.82, 2.24) is 16.2 Å². The number of hydrazine groups is 1. The molecule has 1 heterocycles. The molecular formula is C12H13N3O5. The average molecular weight is 279 g/mol. The van der Waals surface area contributed by atoms with E-state index in [0.717, 1.165) is 0 Å². The summed E-state index contributed by atoms with van der Waals surface area (Å²) in [6.07, 6.45) is -0.977. The molecule has 0 radical (unpaired) electrons. The fourth-order valence-corrected chi connectivity index (χ4v) is 1.58. The first-order valence-electron chi connectivity index (χ1n) is 5.79. The van der Waals surface area contributed by atoms with Crippen LogP contribution in [0.1, 0.15) is 10.4 Å². The molecule has 1 aliphatic heterocycles. The molecule has 1 atom stereocenters. The van der Waals surface area contributed by atoms with Crippen LogP contribution in [0, 0.1) is 0 Å². The Morgan fingerprint density at radius 1 is 1.30 bits per heavy atom. The smallest absolute Gasteiger partial charge is 0.415 e. The van der Waals surface area contributed by atoms with Gasteiger partial charge in [-0.2, -0.15) is 0 Å². The number of carbonyl (C=O) groups is 3. The molecule has 3 N–H and O–H groups in total. The SMILES string of the molecule is COc1ccc(C(=O)OC(=O)NC2CNNC2=O)cc1. The van der Waals surface area contributed by atoms with Crippen molar-refractivity contribution in [3.05, 3.63) is 29.8 Å². The molecule has 1 saturated heterocycles. The van der Waals surface area contributed by atoms with E-state index in [2.05, 4.69) is 20.9 Å². The maximum atomic E-state index is 11.7. The van der Waals surface area contributed by atoms with E-state index in [-0.39, 0.29) is 18.0 Å². The van der Waals surface area contributed by atoms with Crippen molar-refractivity contribution < 1.29 is 23.9 Å². The number of nitrogens with one attached hydrogen (secondary N) is 3. The molecule has 0 aromatic heterocycles. The molecule has 2 amide bonds. The Hall–Kier alpha value is -2.61. The number of hydrogen-bond donors (Lipinski definition) is 3. The van der Waals surface area contributed by atoms with Gasteiger partial charge in [0.05, 0.1) is 12.7 Å². The fraction of sp³-hybridized carbons (Fsp3) is 0.250. The van der Waals surface area contributed by atoms with Crippen molar-refractivity contribution in [2.45, 2.75) is 6.04 Å². The van der Waals surface area contributed by atoms with Crippen molar-refractivity contribution >= 4 is 18.0 Å². The lowest BCUT2D eigenvalue weighted by Crippen LogP contribution is -2.42. The summed E-state index contributed by atoms with van der Waals surface area (Å²) in [4.78, 5) is 34.3. The largest absolute Gasteiger partial charge is 0.497 e. The van der Waals surface area contributed by atoms with Crippen molar-refractivity contribution in [3.8, 4) is 5.75 Å². The van der Waals surface area contributed by atoms with Gasteiger partial charge >= 0.3 is 12.1 Å². The van der Waals surface area contributed by atoms with Crippen LogP contribution in [0.3, 0.4) is 0 Å². The second-order valence-corrected chi connectivity index (χ2v) is 3.97. The predicted molar refractivity (Wildman–Crippen MR) is 66.9 cm³/mol. The van der Waals surface area contributed by atoms with Gasteiger partial charge in [0.25, 0.3) is 5.91 Å². The molecule has 8 nitrogen and oxygen atoms in total. The first-order valence-corrected chi connectivity index (χ1v) is 5.79. The number of rotatable bonds is 3. The zero-order valence-electron chi connectivity index (χ0n) is 10.6. The molecule has 0 aliphatic carbocycles. The molecule has 0 bridgehead atoms. The Balaban J connectivity index is 1.89. The van der Waals surface area contributed by atoms with Gasteiger partial charge in [0, 0.05) is 6.54 Å². The van der Waals surface area contributed by atoms with Gasteiger partial charge in [0.1, 0.15) is 11.8 Å². The second kappa shape index (κ2) is 6.02. The first kappa shape index (κ1) is 13.8. The molecular weight excluding hydrogens is 266 g/mol. The number of amides is 2. The van der Waals surface area contributed by atoms with E-state index in [0.29, 0.717) is 5.75 Å². The summed E-state index contributed by atoms with van der Waals surface area (Å²) in [5.41, 5.74) is 5.07. The third kappa shape index (κ3) is 3.23. The molecule has 0 spiro atoms. The number of carbonyl (C=O) groups excluding carboxylic acids is 3. The maximum Gasteiger partial charge on any atom is 0.415 e. The number of alkyl carbamates (subject to hydrolysis) is 1. The number of ether oxygens (including phenoxy) is 2. The molecule has 8 heteroatoms. The number of hydrogen-bond acceptors (Lipinski definition) is 6. The van der Waals surface area contributed by atoms with Crippen molar-refractivity contribution in [3.63, 3.8) is 0 Å². The van der Waals surface area contributed by atoms with Crippen molar-refractivity contribution in [2.75, 3.05) is 13.7 Å². The molecule has 106 valence electrons. The van der Waals surface area contributed by atoms with Gasteiger partial charge in [0.15, 0.2) is 0 Å². The molecule has 1 unspecified atom stereocenters. The summed E-state index contributed by atoms with van der Waals surface area (Å²) >= 11 is 0. The number of methoxy groups -OCH3 is 1. The van der Waals surface area contributed by atoms with Gasteiger partial charge in [0.2, 0.25) is 0 Å². The van der Waals surface area contributed by atoms with Crippen LogP contribution >= 0.6 is 0 Å². The lowest BCUT2D eigenvalue weighted by atomic mass is 10.2. The van der Waals surface area contributed by atoms with Crippen LogP contribution in [0.2, 0.25) is 0 Å². The summed E-state index contributed by atoms with van der Waals surface area (Å²) in [7, 11) is 1.50. The summed E-state index contributed by atoms with van der Waals surface area (Å²) < 4.78 is 9.53. The quantitative estimate of drug-likeness (QED) is 0.512. The zero-order chi connectivity index (χ0) is 14.5. The van der Waals surface area contributed by atoms with Crippen LogP contribution in [-0.4, -0.2) is 37.7 Å². The lowest BCUT2D eigenvalue weighted by molar-refractivity contribution is -0.121. The number of benzene rings is 1. The van der Waals surface area contributed by atoms with Gasteiger partial charge in [-0.3, -0.25) is 10.2 Å². The summed E-state index contributed by atoms with van der Waals surface area (Å²) in [6, 6.07) is 5.33. The van der Waals surface area contributed by atoms with Crippen LogP contribution < -0.4 is 20.9 Å². The van der Waals surface area contributed by atoms with E-state index in [1.807, 2.05) is 0 Å². The molecule has 1 aromatic carbocycles. The summed E-state index contributed by atoms with van der Waals surface area (Å²) in [5.74, 6) is -0.616. The highest BCUT2D eigenvalue weighted by molar-refractivity contribution is 5.97. The minimum Gasteiger partial charge on any atom is -0.497 e. The van der Waals surface area contributed by atoms with Gasteiger partial charge in [-0.1, -0.05) is 0 Å². The Morgan fingerprint density at radius 3 is 2.55 bits per heavy atom. The molecule has 1 fully saturated rings. The van der Waals surface area contributed by atoms with Crippen LogP contribution in [0.4, 0.5) is 4.79 Å². The second-order valence-electron chi connectivity index (χ2n) is 3.97. The van der Waals surface area contributed by atoms with Crippen LogP contribution in [-0.2, 0) is 9.53 Å². The molecule has 0 saturated carbocycles. The van der Waals surface area contributed by atoms with E-state index in [1.165, 1.54) is 19.2 Å². The Bertz CT molecular complexity index is 528. The monoisotopic (exact) mass is 279 g/mol. The molecule has 20 heavy (non-hydrogen) atoms. The fourth-order valence-electron chi connectivity index (χ4n) is 1.58. The minimum absolute atomic E-state index is 0.204. The van der Waals surface area contributed by atoms with Gasteiger partial charge in [-0.15, -0.1) is 0 Å². The zero-order valence-corrected chi connectivity index (χ0v) is 10.6. The van der Waals surface area contributed by atoms with Crippen LogP contribution in [0.15, 0.2) is 24.3 Å². The van der Waals surface area contributed by atoms with Crippen LogP contribution in [0.5, 0.6) is 5.75 Å². The maximum absolute atomic E-state index is 11.7. The van der Waals surface area contributed by atoms with Gasteiger partial charge in [-0.05, 0) is 24.3 Å². The summed E-state index contributed by atoms with van der Waals surface area (Å²) in [5, 5.41) is 2.27. The highest BCUT2D eigenvalue weighted by Gasteiger charge is 2.27. The normalized spacial score (nSPS) is 17.2. The van der Waals surface area contributed by atoms with Crippen LogP contribution in [0.25, 0.3) is 0 Å². The van der Waals surface area contributed by atoms with E-state index in [4.69, 9.17) is 4.74 Å². The molecule has 1 aliphatic rings. The summed E-state index contributed by atoms with van der Waals surface area (Å²) in [6.45, 7) is 0.227. The Kier molecular flexibility index (Phi) is 4.16. The third-order valence-corrected chi connectivity index (χ3v) is 2.64. The molecule has 2 rings (SSSR count). The predicted octanol–water partition coefficient (Wildman–Crippen LogP) is -0.435. The van der Waals surface area contributed by atoms with Gasteiger partial charge < -0.3 is 14.8 Å². The standard InChI is InChI=1S/C12H13N3O5/c1-19-8-4-2-7(3-5-8)11(17)20-12(18)14-9-6-13-15-10(9)16/h2-5,9,13H,6H2,1H3,(H,14,18)(H,15,16). The van der Waals surface area contributed by atoms with Crippen molar-refractivity contribution in [1.29, 1.82) is 0 Å².